The number of carbonyl (C=O) groups is 3. The normalized spacial score (nSPS) is 22.7. The predicted molar refractivity (Wildman–Crippen MR) is 114 cm³/mol. The number of halogens is 3. The molecule has 3 aliphatic rings. The van der Waals surface area contributed by atoms with Crippen LogP contribution in [0.2, 0.25) is 0 Å². The summed E-state index contributed by atoms with van der Waals surface area (Å²) in [6, 6.07) is 0.846. The van der Waals surface area contributed by atoms with Gasteiger partial charge in [-0.3, -0.25) is 9.59 Å². The van der Waals surface area contributed by atoms with E-state index in [-0.39, 0.29) is 49.4 Å². The Labute approximate surface area is 198 Å². The lowest BCUT2D eigenvalue weighted by atomic mass is 9.80. The van der Waals surface area contributed by atoms with Crippen LogP contribution in [0.1, 0.15) is 43.1 Å². The van der Waals surface area contributed by atoms with Gasteiger partial charge in [0.1, 0.15) is 18.7 Å². The Morgan fingerprint density at radius 3 is 2.74 bits per heavy atom. The Hall–Kier alpha value is -3.41. The molecule has 3 N–H and O–H groups in total. The van der Waals surface area contributed by atoms with E-state index in [4.69, 9.17) is 14.4 Å². The minimum atomic E-state index is -4.64. The molecule has 1 aromatic rings. The van der Waals surface area contributed by atoms with Crippen molar-refractivity contribution in [3.8, 4) is 0 Å². The van der Waals surface area contributed by atoms with Gasteiger partial charge in [0.2, 0.25) is 5.91 Å². The maximum Gasteiger partial charge on any atom is 0.416 e. The van der Waals surface area contributed by atoms with Gasteiger partial charge in [0.15, 0.2) is 5.76 Å². The van der Waals surface area contributed by atoms with Crippen molar-refractivity contribution in [2.24, 2.45) is 5.92 Å². The smallest absolute Gasteiger partial charge is 0.416 e. The topological polar surface area (TPSA) is 131 Å². The second-order valence-corrected chi connectivity index (χ2v) is 8.63. The maximum absolute atomic E-state index is 13.4. The van der Waals surface area contributed by atoms with Gasteiger partial charge in [0, 0.05) is 42.0 Å². The molecule has 1 aliphatic carbocycles. The van der Waals surface area contributed by atoms with E-state index >= 15 is 0 Å². The van der Waals surface area contributed by atoms with E-state index in [1.807, 2.05) is 0 Å². The average Bonchev–Trinajstić information content (AvgIpc) is 3.57. The van der Waals surface area contributed by atoms with Crippen molar-refractivity contribution in [2.75, 3.05) is 13.2 Å². The third-order valence-electron chi connectivity index (χ3n) is 6.15. The molecule has 4 rings (SSSR count). The van der Waals surface area contributed by atoms with Crippen LogP contribution in [0.5, 0.6) is 0 Å². The highest BCUT2D eigenvalue weighted by molar-refractivity contribution is 5.96. The first kappa shape index (κ1) is 24.7. The number of hydrogen-bond donors (Lipinski definition) is 3. The average molecular weight is 495 g/mol. The molecule has 2 unspecified atom stereocenters. The number of nitrogens with zero attached hydrogens (tertiary/aromatic N) is 1. The molecule has 2 aliphatic heterocycles. The number of carboxylic acid groups (broad SMARTS) is 1. The number of amides is 1. The molecular weight excluding hydrogens is 471 g/mol. The Morgan fingerprint density at radius 1 is 1.31 bits per heavy atom. The molecule has 1 aromatic heterocycles. The first-order chi connectivity index (χ1) is 16.7. The summed E-state index contributed by atoms with van der Waals surface area (Å²) in [6.45, 7) is -0.505. The number of rotatable bonds is 9. The van der Waals surface area contributed by atoms with Gasteiger partial charge in [0.05, 0.1) is 23.9 Å². The van der Waals surface area contributed by atoms with Crippen LogP contribution in [-0.4, -0.2) is 53.8 Å². The second kappa shape index (κ2) is 10.1. The van der Waals surface area contributed by atoms with Gasteiger partial charge in [0.25, 0.3) is 0 Å². The summed E-state index contributed by atoms with van der Waals surface area (Å²) in [5, 5.41) is 18.7. The van der Waals surface area contributed by atoms with Crippen molar-refractivity contribution >= 4 is 18.2 Å². The Balaban J connectivity index is 1.65. The van der Waals surface area contributed by atoms with Crippen molar-refractivity contribution in [3.63, 3.8) is 0 Å². The summed E-state index contributed by atoms with van der Waals surface area (Å²) >= 11 is 0. The predicted octanol–water partition coefficient (Wildman–Crippen LogP) is 2.52. The summed E-state index contributed by atoms with van der Waals surface area (Å²) in [6.07, 6.45) is -0.821. The fraction of sp³-hybridized carbons (Fsp3) is 0.478. The van der Waals surface area contributed by atoms with E-state index in [1.165, 1.54) is 0 Å². The molecule has 0 bridgehead atoms. The maximum atomic E-state index is 13.4. The Bertz CT molecular complexity index is 1100. The number of ether oxygens (including phenoxy) is 1. The number of allylic oxidation sites excluding steroid dienone is 3. The third kappa shape index (κ3) is 5.81. The number of carboxylic acids is 1. The van der Waals surface area contributed by atoms with Gasteiger partial charge in [-0.05, 0) is 31.4 Å². The largest absolute Gasteiger partial charge is 0.489 e. The first-order valence-corrected chi connectivity index (χ1v) is 11.2. The van der Waals surface area contributed by atoms with Gasteiger partial charge >= 0.3 is 12.1 Å². The minimum Gasteiger partial charge on any atom is -0.489 e. The van der Waals surface area contributed by atoms with Gasteiger partial charge in [-0.2, -0.15) is 13.2 Å². The number of aldehydes is 1. The van der Waals surface area contributed by atoms with E-state index in [9.17, 15) is 27.6 Å². The highest BCUT2D eigenvalue weighted by Gasteiger charge is 2.39. The van der Waals surface area contributed by atoms with Crippen molar-refractivity contribution < 1.29 is 41.9 Å². The van der Waals surface area contributed by atoms with Gasteiger partial charge < -0.3 is 29.8 Å². The summed E-state index contributed by atoms with van der Waals surface area (Å²) in [4.78, 5) is 36.1. The molecule has 0 spiro atoms. The Kier molecular flexibility index (Phi) is 7.10. The zero-order valence-corrected chi connectivity index (χ0v) is 18.6. The molecule has 12 heteroatoms. The molecule has 0 aromatic carbocycles. The summed E-state index contributed by atoms with van der Waals surface area (Å²) < 4.78 is 50.9. The van der Waals surface area contributed by atoms with Crippen molar-refractivity contribution in [1.29, 1.82) is 0 Å². The van der Waals surface area contributed by atoms with Crippen LogP contribution in [0.3, 0.4) is 0 Å². The van der Waals surface area contributed by atoms with Crippen LogP contribution in [0.25, 0.3) is 0 Å². The molecule has 0 saturated heterocycles. The highest BCUT2D eigenvalue weighted by atomic mass is 19.4. The molecule has 1 saturated carbocycles. The highest BCUT2D eigenvalue weighted by Crippen LogP contribution is 2.40. The van der Waals surface area contributed by atoms with Crippen molar-refractivity contribution in [2.45, 2.75) is 50.4 Å². The van der Waals surface area contributed by atoms with Crippen LogP contribution in [0, 0.1) is 5.92 Å². The molecule has 2 atom stereocenters. The lowest BCUT2D eigenvalue weighted by molar-refractivity contribution is -0.137. The number of hydrogen-bond acceptors (Lipinski definition) is 7. The molecule has 188 valence electrons. The number of carbonyl (C=O) groups excluding carboxylic acids is 2. The van der Waals surface area contributed by atoms with Crippen LogP contribution in [-0.2, 0) is 25.7 Å². The number of aromatic nitrogens is 1. The van der Waals surface area contributed by atoms with Crippen molar-refractivity contribution in [1.82, 2.24) is 15.8 Å². The van der Waals surface area contributed by atoms with Crippen LogP contribution in [0.15, 0.2) is 45.2 Å². The summed E-state index contributed by atoms with van der Waals surface area (Å²) in [5.74, 6) is -2.05. The molecule has 0 radical (unpaired) electrons. The van der Waals surface area contributed by atoms with E-state index < -0.39 is 35.6 Å². The Morgan fingerprint density at radius 2 is 2.09 bits per heavy atom. The third-order valence-corrected chi connectivity index (χ3v) is 6.15. The van der Waals surface area contributed by atoms with E-state index in [1.54, 1.807) is 6.07 Å². The number of nitrogens with one attached hydrogen (secondary N) is 2. The molecular formula is C23H24F3N3O6. The van der Waals surface area contributed by atoms with Crippen LogP contribution >= 0.6 is 0 Å². The second-order valence-electron chi connectivity index (χ2n) is 8.63. The summed E-state index contributed by atoms with van der Waals surface area (Å²) in [5.41, 5.74) is 0.0162. The summed E-state index contributed by atoms with van der Waals surface area (Å²) in [7, 11) is 0. The zero-order chi connectivity index (χ0) is 25.2. The van der Waals surface area contributed by atoms with E-state index in [0.29, 0.717) is 18.0 Å². The minimum absolute atomic E-state index is 0.000155. The quantitative estimate of drug-likeness (QED) is 0.446. The molecule has 9 nitrogen and oxygen atoms in total. The fourth-order valence-electron chi connectivity index (χ4n) is 4.21. The lowest BCUT2D eigenvalue weighted by Crippen LogP contribution is -2.47. The van der Waals surface area contributed by atoms with Crippen LogP contribution < -0.4 is 10.6 Å². The molecule has 1 fully saturated rings. The molecule has 1 amide bonds. The standard InChI is InChI=1S/C23H24F3N3O6/c24-23(25,26)13-5-6-34-19(7-13)21-15(3-4-20(31)32)18(11-30)27-10-16(21)22(33)28-9-14-8-17(29-35-14)12-1-2-12/h5,7-8,11-12,15,18,27H,1-4,6,9-10H2,(H,28,33)(H,31,32). The van der Waals surface area contributed by atoms with E-state index in [2.05, 4.69) is 15.8 Å². The number of aliphatic carboxylic acids is 1. The van der Waals surface area contributed by atoms with Gasteiger partial charge in [-0.1, -0.05) is 5.16 Å². The van der Waals surface area contributed by atoms with Crippen LogP contribution in [0.4, 0.5) is 13.2 Å². The molecule has 3 heterocycles. The lowest BCUT2D eigenvalue weighted by Gasteiger charge is -2.35. The SMILES string of the molecule is O=CC1NCC(C(=O)NCc2cc(C3CC3)no2)=C(C2=CC(C(F)(F)F)=CCO2)C1CCC(=O)O. The van der Waals surface area contributed by atoms with Gasteiger partial charge in [-0.15, -0.1) is 0 Å². The fourth-order valence-corrected chi connectivity index (χ4v) is 4.21. The van der Waals surface area contributed by atoms with Gasteiger partial charge in [-0.25, -0.2) is 0 Å². The first-order valence-electron chi connectivity index (χ1n) is 11.2. The van der Waals surface area contributed by atoms with E-state index in [0.717, 1.165) is 30.7 Å². The molecule has 35 heavy (non-hydrogen) atoms. The monoisotopic (exact) mass is 495 g/mol. The van der Waals surface area contributed by atoms with Crippen molar-refractivity contribution in [3.05, 3.63) is 52.2 Å². The zero-order valence-electron chi connectivity index (χ0n) is 18.6. The number of alkyl halides is 3.